The molecule has 1 aliphatic heterocycles. The number of carbonyl (C=O) groups excluding carboxylic acids is 3. The molecule has 0 bridgehead atoms. The van der Waals surface area contributed by atoms with Crippen molar-refractivity contribution in [3.8, 4) is 5.75 Å². The minimum atomic E-state index is -0.619. The number of ether oxygens (including phenoxy) is 2. The van der Waals surface area contributed by atoms with Crippen LogP contribution in [-0.4, -0.2) is 52.9 Å². The molecular formula is C24H27N3O5S. The lowest BCUT2D eigenvalue weighted by molar-refractivity contribution is -0.129. The molecule has 2 amide bonds. The normalized spacial score (nSPS) is 17.1. The van der Waals surface area contributed by atoms with Gasteiger partial charge in [-0.2, -0.15) is 0 Å². The van der Waals surface area contributed by atoms with Gasteiger partial charge in [-0.05, 0) is 69.3 Å². The Bertz CT molecular complexity index is 1020. The number of nitrogens with one attached hydrogen (secondary N) is 1. The van der Waals surface area contributed by atoms with E-state index in [1.807, 2.05) is 38.1 Å². The number of hydrogen-bond acceptors (Lipinski definition) is 7. The molecule has 174 valence electrons. The summed E-state index contributed by atoms with van der Waals surface area (Å²) in [6, 6.07) is 13.7. The molecule has 1 unspecified atom stereocenters. The van der Waals surface area contributed by atoms with E-state index in [0.717, 1.165) is 5.75 Å². The van der Waals surface area contributed by atoms with Crippen LogP contribution in [0.15, 0.2) is 53.5 Å². The minimum Gasteiger partial charge on any atom is -0.494 e. The third-order valence-corrected chi connectivity index (χ3v) is 5.97. The van der Waals surface area contributed by atoms with Gasteiger partial charge in [-0.25, -0.2) is 9.79 Å². The van der Waals surface area contributed by atoms with Crippen LogP contribution in [-0.2, 0) is 14.3 Å². The number of rotatable bonds is 8. The van der Waals surface area contributed by atoms with Crippen LogP contribution in [0.4, 0.5) is 11.4 Å². The highest BCUT2D eigenvalue weighted by Gasteiger charge is 2.35. The molecule has 1 aliphatic rings. The van der Waals surface area contributed by atoms with Gasteiger partial charge in [-0.3, -0.25) is 14.5 Å². The van der Waals surface area contributed by atoms with Gasteiger partial charge in [0.05, 0.1) is 24.5 Å². The van der Waals surface area contributed by atoms with E-state index >= 15 is 0 Å². The predicted octanol–water partition coefficient (Wildman–Crippen LogP) is 4.24. The standard InChI is InChI=1S/C24H27N3O5S/c1-4-27-21(28)15-20(33-24(27)26-18-11-13-19(14-12-18)31-5-2)22(29)25-17-9-7-16(8-10-17)23(30)32-6-3/h7-14,20H,4-6,15H2,1-3H3,(H,25,29). The van der Waals surface area contributed by atoms with Gasteiger partial charge in [-0.15, -0.1) is 0 Å². The number of esters is 1. The number of hydrogen-bond donors (Lipinski definition) is 1. The van der Waals surface area contributed by atoms with E-state index < -0.39 is 11.2 Å². The minimum absolute atomic E-state index is 0.0769. The van der Waals surface area contributed by atoms with Gasteiger partial charge in [0.15, 0.2) is 5.17 Å². The van der Waals surface area contributed by atoms with Crippen LogP contribution >= 0.6 is 11.8 Å². The molecule has 0 radical (unpaired) electrons. The Hall–Kier alpha value is -3.33. The van der Waals surface area contributed by atoms with Gasteiger partial charge in [0.1, 0.15) is 11.0 Å². The Balaban J connectivity index is 1.72. The summed E-state index contributed by atoms with van der Waals surface area (Å²) in [4.78, 5) is 43.5. The topological polar surface area (TPSA) is 97.3 Å². The predicted molar refractivity (Wildman–Crippen MR) is 129 cm³/mol. The number of amidine groups is 1. The molecule has 33 heavy (non-hydrogen) atoms. The second kappa shape index (κ2) is 11.5. The Morgan fingerprint density at radius 3 is 2.36 bits per heavy atom. The highest BCUT2D eigenvalue weighted by Crippen LogP contribution is 2.30. The Morgan fingerprint density at radius 2 is 1.76 bits per heavy atom. The van der Waals surface area contributed by atoms with Crippen LogP contribution in [0.1, 0.15) is 37.6 Å². The fraction of sp³-hybridized carbons (Fsp3) is 0.333. The Morgan fingerprint density at radius 1 is 1.06 bits per heavy atom. The fourth-order valence-corrected chi connectivity index (χ4v) is 4.34. The number of amides is 2. The molecule has 0 saturated carbocycles. The fourth-order valence-electron chi connectivity index (χ4n) is 3.17. The molecule has 3 rings (SSSR count). The van der Waals surface area contributed by atoms with Gasteiger partial charge in [-0.1, -0.05) is 11.8 Å². The molecule has 1 heterocycles. The second-order valence-electron chi connectivity index (χ2n) is 7.06. The first kappa shape index (κ1) is 24.3. The Labute approximate surface area is 197 Å². The van der Waals surface area contributed by atoms with Crippen LogP contribution in [0.2, 0.25) is 0 Å². The van der Waals surface area contributed by atoms with E-state index in [2.05, 4.69) is 10.3 Å². The first-order chi connectivity index (χ1) is 15.9. The number of anilines is 1. The maximum absolute atomic E-state index is 12.9. The average Bonchev–Trinajstić information content (AvgIpc) is 2.81. The maximum Gasteiger partial charge on any atom is 0.338 e. The van der Waals surface area contributed by atoms with Crippen molar-refractivity contribution in [2.75, 3.05) is 25.1 Å². The van der Waals surface area contributed by atoms with E-state index in [0.29, 0.717) is 41.9 Å². The molecule has 2 aromatic carbocycles. The van der Waals surface area contributed by atoms with Crippen molar-refractivity contribution in [2.45, 2.75) is 32.4 Å². The molecule has 1 fully saturated rings. The highest BCUT2D eigenvalue weighted by atomic mass is 32.2. The van der Waals surface area contributed by atoms with E-state index in [1.165, 1.54) is 11.8 Å². The molecule has 0 aliphatic carbocycles. The average molecular weight is 470 g/mol. The van der Waals surface area contributed by atoms with Gasteiger partial charge in [0, 0.05) is 18.7 Å². The third-order valence-electron chi connectivity index (χ3n) is 4.78. The zero-order chi connectivity index (χ0) is 23.8. The summed E-state index contributed by atoms with van der Waals surface area (Å²) < 4.78 is 10.4. The van der Waals surface area contributed by atoms with Gasteiger partial charge in [0.25, 0.3) is 0 Å². The lowest BCUT2D eigenvalue weighted by atomic mass is 10.2. The summed E-state index contributed by atoms with van der Waals surface area (Å²) in [6.45, 7) is 6.85. The van der Waals surface area contributed by atoms with Crippen molar-refractivity contribution in [3.05, 3.63) is 54.1 Å². The van der Waals surface area contributed by atoms with Crippen molar-refractivity contribution < 1.29 is 23.9 Å². The summed E-state index contributed by atoms with van der Waals surface area (Å²) >= 11 is 1.26. The largest absolute Gasteiger partial charge is 0.494 e. The molecular weight excluding hydrogens is 442 g/mol. The SMILES string of the molecule is CCOC(=O)c1ccc(NC(=O)C2CC(=O)N(CC)C(=Nc3ccc(OCC)cc3)S2)cc1. The molecule has 0 aromatic heterocycles. The quantitative estimate of drug-likeness (QED) is 0.581. The summed E-state index contributed by atoms with van der Waals surface area (Å²) in [7, 11) is 0. The summed E-state index contributed by atoms with van der Waals surface area (Å²) in [5.41, 5.74) is 1.60. The van der Waals surface area contributed by atoms with Crippen LogP contribution in [0.25, 0.3) is 0 Å². The van der Waals surface area contributed by atoms with E-state index in [1.54, 1.807) is 36.1 Å². The summed E-state index contributed by atoms with van der Waals surface area (Å²) in [6.07, 6.45) is 0.0769. The summed E-state index contributed by atoms with van der Waals surface area (Å²) in [5.74, 6) is -0.128. The summed E-state index contributed by atoms with van der Waals surface area (Å²) in [5, 5.41) is 2.68. The van der Waals surface area contributed by atoms with Crippen molar-refractivity contribution in [2.24, 2.45) is 4.99 Å². The van der Waals surface area contributed by atoms with E-state index in [4.69, 9.17) is 9.47 Å². The number of thioether (sulfide) groups is 1. The van der Waals surface area contributed by atoms with Crippen molar-refractivity contribution >= 4 is 46.1 Å². The van der Waals surface area contributed by atoms with Gasteiger partial charge >= 0.3 is 5.97 Å². The molecule has 9 heteroatoms. The molecule has 8 nitrogen and oxygen atoms in total. The first-order valence-electron chi connectivity index (χ1n) is 10.8. The van der Waals surface area contributed by atoms with E-state index in [9.17, 15) is 14.4 Å². The number of nitrogens with zero attached hydrogens (tertiary/aromatic N) is 2. The Kier molecular flexibility index (Phi) is 8.48. The first-order valence-corrected chi connectivity index (χ1v) is 11.7. The maximum atomic E-state index is 12.9. The van der Waals surface area contributed by atoms with Crippen LogP contribution < -0.4 is 10.1 Å². The smallest absolute Gasteiger partial charge is 0.338 e. The van der Waals surface area contributed by atoms with Crippen LogP contribution in [0.5, 0.6) is 5.75 Å². The number of aliphatic imine (C=N–C) groups is 1. The van der Waals surface area contributed by atoms with Crippen LogP contribution in [0, 0.1) is 0 Å². The zero-order valence-electron chi connectivity index (χ0n) is 18.9. The van der Waals surface area contributed by atoms with Gasteiger partial charge in [0.2, 0.25) is 11.8 Å². The second-order valence-corrected chi connectivity index (χ2v) is 8.23. The molecule has 1 saturated heterocycles. The molecule has 1 N–H and O–H groups in total. The van der Waals surface area contributed by atoms with Crippen molar-refractivity contribution in [1.29, 1.82) is 0 Å². The number of benzene rings is 2. The zero-order valence-corrected chi connectivity index (χ0v) is 19.7. The lowest BCUT2D eigenvalue weighted by Gasteiger charge is -2.30. The molecule has 1 atom stereocenters. The third kappa shape index (κ3) is 6.35. The molecule has 0 spiro atoms. The van der Waals surface area contributed by atoms with E-state index in [-0.39, 0.29) is 18.2 Å². The highest BCUT2D eigenvalue weighted by molar-refractivity contribution is 8.15. The lowest BCUT2D eigenvalue weighted by Crippen LogP contribution is -2.45. The van der Waals surface area contributed by atoms with Crippen molar-refractivity contribution in [1.82, 2.24) is 4.90 Å². The van der Waals surface area contributed by atoms with Crippen LogP contribution in [0.3, 0.4) is 0 Å². The number of carbonyl (C=O) groups is 3. The monoisotopic (exact) mass is 469 g/mol. The van der Waals surface area contributed by atoms with Gasteiger partial charge < -0.3 is 14.8 Å². The molecule has 2 aromatic rings. The van der Waals surface area contributed by atoms with Crippen molar-refractivity contribution in [3.63, 3.8) is 0 Å².